The number of alkyl halides is 1. The molecule has 0 radical (unpaired) electrons. The van der Waals surface area contributed by atoms with Crippen molar-refractivity contribution in [3.05, 3.63) is 56.5 Å². The molecule has 154 valence electrons. The maximum atomic E-state index is 14.2. The largest absolute Gasteiger partial charge is 0.354 e. The van der Waals surface area contributed by atoms with E-state index in [1.165, 1.54) is 29.3 Å². The van der Waals surface area contributed by atoms with Crippen LogP contribution in [0.3, 0.4) is 0 Å². The van der Waals surface area contributed by atoms with Crippen LogP contribution >= 0.6 is 11.6 Å². The van der Waals surface area contributed by atoms with E-state index < -0.39 is 17.1 Å². The minimum absolute atomic E-state index is 0.0347. The zero-order valence-electron chi connectivity index (χ0n) is 15.9. The first-order valence-corrected chi connectivity index (χ1v) is 9.34. The van der Waals surface area contributed by atoms with Crippen molar-refractivity contribution < 1.29 is 9.18 Å². The van der Waals surface area contributed by atoms with Gasteiger partial charge in [-0.1, -0.05) is 18.2 Å². The normalized spacial score (nSPS) is 11.0. The van der Waals surface area contributed by atoms with Crippen molar-refractivity contribution in [2.24, 2.45) is 14.1 Å². The number of aromatic nitrogens is 4. The molecule has 0 bridgehead atoms. The second-order valence-corrected chi connectivity index (χ2v) is 6.67. The van der Waals surface area contributed by atoms with Gasteiger partial charge in [-0.25, -0.2) is 9.18 Å². The fourth-order valence-corrected chi connectivity index (χ4v) is 3.05. The fourth-order valence-electron chi connectivity index (χ4n) is 2.96. The number of nitrogens with one attached hydrogen (secondary N) is 2. The Hall–Kier alpha value is -3.14. The zero-order valence-corrected chi connectivity index (χ0v) is 16.7. The zero-order chi connectivity index (χ0) is 21.1. The van der Waals surface area contributed by atoms with Crippen LogP contribution in [-0.4, -0.2) is 43.6 Å². The summed E-state index contributed by atoms with van der Waals surface area (Å²) in [5.74, 6) is -0.605. The van der Waals surface area contributed by atoms with Crippen molar-refractivity contribution in [3.63, 3.8) is 0 Å². The number of fused-ring (bicyclic) bond motifs is 1. The number of nitrogens with zero attached hydrogens (tertiary/aromatic N) is 4. The molecule has 0 unspecified atom stereocenters. The number of hydrogen-bond acceptors (Lipinski definition) is 5. The van der Waals surface area contributed by atoms with Crippen LogP contribution in [-0.2, 0) is 25.4 Å². The monoisotopic (exact) mass is 422 g/mol. The van der Waals surface area contributed by atoms with Crippen LogP contribution in [0.5, 0.6) is 0 Å². The summed E-state index contributed by atoms with van der Waals surface area (Å²) in [4.78, 5) is 40.6. The lowest BCUT2D eigenvalue weighted by Crippen LogP contribution is -2.37. The molecule has 0 aliphatic carbocycles. The summed E-state index contributed by atoms with van der Waals surface area (Å²) < 4.78 is 18.0. The third-order valence-corrected chi connectivity index (χ3v) is 4.73. The van der Waals surface area contributed by atoms with Crippen LogP contribution in [0.15, 0.2) is 33.9 Å². The molecular weight excluding hydrogens is 403 g/mol. The Kier molecular flexibility index (Phi) is 6.02. The third-order valence-electron chi connectivity index (χ3n) is 4.49. The maximum Gasteiger partial charge on any atom is 0.332 e. The molecule has 9 nitrogen and oxygen atoms in total. The lowest BCUT2D eigenvalue weighted by atomic mass is 10.2. The average molecular weight is 423 g/mol. The number of carbonyl (C=O) groups is 1. The van der Waals surface area contributed by atoms with Crippen molar-refractivity contribution in [1.82, 2.24) is 24.0 Å². The van der Waals surface area contributed by atoms with Gasteiger partial charge in [-0.2, -0.15) is 4.98 Å². The maximum absolute atomic E-state index is 14.2. The second kappa shape index (κ2) is 8.48. The second-order valence-electron chi connectivity index (χ2n) is 6.40. The standard InChI is InChI=1S/C18H20ClFN6O3/c1-24-15-14(16(28)25(2)18(24)29)26(10-11-5-3-4-6-12(11)20)17(23-15)22-8-7-21-13(27)9-19/h3-6H,7-10H2,1-2H3,(H,21,27)(H,22,23). The number of anilines is 1. The minimum Gasteiger partial charge on any atom is -0.354 e. The molecule has 3 rings (SSSR count). The number of hydrogen-bond donors (Lipinski definition) is 2. The van der Waals surface area contributed by atoms with Crippen LogP contribution in [0.25, 0.3) is 11.2 Å². The molecule has 0 aliphatic heterocycles. The molecule has 3 aromatic rings. The van der Waals surface area contributed by atoms with Gasteiger partial charge in [0, 0.05) is 32.7 Å². The minimum atomic E-state index is -0.532. The van der Waals surface area contributed by atoms with Gasteiger partial charge in [0.05, 0.1) is 6.54 Å². The van der Waals surface area contributed by atoms with E-state index in [0.29, 0.717) is 5.56 Å². The summed E-state index contributed by atoms with van der Waals surface area (Å²) >= 11 is 5.44. The number of aryl methyl sites for hydroxylation is 1. The lowest BCUT2D eigenvalue weighted by Gasteiger charge is -2.12. The van der Waals surface area contributed by atoms with Crippen molar-refractivity contribution in [1.29, 1.82) is 0 Å². The highest BCUT2D eigenvalue weighted by Gasteiger charge is 2.20. The van der Waals surface area contributed by atoms with Crippen molar-refractivity contribution >= 4 is 34.6 Å². The molecule has 0 aliphatic rings. The number of benzene rings is 1. The lowest BCUT2D eigenvalue weighted by molar-refractivity contribution is -0.118. The van der Waals surface area contributed by atoms with E-state index in [4.69, 9.17) is 11.6 Å². The van der Waals surface area contributed by atoms with Gasteiger partial charge >= 0.3 is 5.69 Å². The van der Waals surface area contributed by atoms with Gasteiger partial charge in [-0.3, -0.25) is 23.3 Å². The van der Waals surface area contributed by atoms with E-state index >= 15 is 0 Å². The molecule has 11 heteroatoms. The summed E-state index contributed by atoms with van der Waals surface area (Å²) in [6, 6.07) is 6.21. The molecule has 1 amide bonds. The Morgan fingerprint density at radius 1 is 1.17 bits per heavy atom. The van der Waals surface area contributed by atoms with Gasteiger partial charge in [0.2, 0.25) is 11.9 Å². The predicted molar refractivity (Wildman–Crippen MR) is 108 cm³/mol. The van der Waals surface area contributed by atoms with Gasteiger partial charge in [-0.05, 0) is 6.07 Å². The van der Waals surface area contributed by atoms with Crippen LogP contribution in [0.4, 0.5) is 10.3 Å². The highest BCUT2D eigenvalue weighted by molar-refractivity contribution is 6.27. The molecule has 2 N–H and O–H groups in total. The molecule has 0 spiro atoms. The summed E-state index contributed by atoms with van der Waals surface area (Å²) in [5.41, 5.74) is -0.331. The SMILES string of the molecule is Cn1c(=O)c2c(nc(NCCNC(=O)CCl)n2Cc2ccccc2F)n(C)c1=O. The Morgan fingerprint density at radius 3 is 2.59 bits per heavy atom. The number of carbonyl (C=O) groups excluding carboxylic acids is 1. The first-order valence-electron chi connectivity index (χ1n) is 8.81. The molecule has 0 saturated heterocycles. The average Bonchev–Trinajstić information content (AvgIpc) is 3.07. The molecule has 0 atom stereocenters. The molecule has 29 heavy (non-hydrogen) atoms. The molecule has 1 aromatic carbocycles. The fraction of sp³-hybridized carbons (Fsp3) is 0.333. The van der Waals surface area contributed by atoms with Crippen molar-refractivity contribution in [3.8, 4) is 0 Å². The van der Waals surface area contributed by atoms with Gasteiger partial charge in [0.15, 0.2) is 11.2 Å². The quantitative estimate of drug-likeness (QED) is 0.423. The predicted octanol–water partition coefficient (Wildman–Crippen LogP) is 0.388. The Labute approximate surface area is 169 Å². The Bertz CT molecular complexity index is 1180. The highest BCUT2D eigenvalue weighted by atomic mass is 35.5. The van der Waals surface area contributed by atoms with Gasteiger partial charge < -0.3 is 10.6 Å². The van der Waals surface area contributed by atoms with Crippen LogP contribution < -0.4 is 21.9 Å². The smallest absolute Gasteiger partial charge is 0.332 e. The van der Waals surface area contributed by atoms with Gasteiger partial charge in [0.25, 0.3) is 5.56 Å². The molecule has 2 heterocycles. The molecular formula is C18H20ClFN6O3. The number of halogens is 2. The van der Waals surface area contributed by atoms with E-state index in [2.05, 4.69) is 15.6 Å². The first-order chi connectivity index (χ1) is 13.8. The highest BCUT2D eigenvalue weighted by Crippen LogP contribution is 2.19. The third kappa shape index (κ3) is 4.02. The van der Waals surface area contributed by atoms with E-state index in [-0.39, 0.29) is 48.5 Å². The van der Waals surface area contributed by atoms with Gasteiger partial charge in [-0.15, -0.1) is 11.6 Å². The molecule has 0 saturated carbocycles. The van der Waals surface area contributed by atoms with E-state index in [1.54, 1.807) is 18.2 Å². The summed E-state index contributed by atoms with van der Waals surface area (Å²) in [5, 5.41) is 5.63. The van der Waals surface area contributed by atoms with Gasteiger partial charge in [0.1, 0.15) is 11.7 Å². The summed E-state index contributed by atoms with van der Waals surface area (Å²) in [6.07, 6.45) is 0. The molecule has 0 fully saturated rings. The summed E-state index contributed by atoms with van der Waals surface area (Å²) in [6.45, 7) is 0.593. The Balaban J connectivity index is 2.06. The van der Waals surface area contributed by atoms with Crippen molar-refractivity contribution in [2.75, 3.05) is 24.3 Å². The first kappa shape index (κ1) is 20.6. The number of amides is 1. The van der Waals surface area contributed by atoms with Crippen molar-refractivity contribution in [2.45, 2.75) is 6.54 Å². The van der Waals surface area contributed by atoms with E-state index in [9.17, 15) is 18.8 Å². The van der Waals surface area contributed by atoms with Crippen LogP contribution in [0.1, 0.15) is 5.56 Å². The Morgan fingerprint density at radius 2 is 1.90 bits per heavy atom. The van der Waals surface area contributed by atoms with E-state index in [1.807, 2.05) is 0 Å². The number of imidazole rings is 1. The van der Waals surface area contributed by atoms with Crippen LogP contribution in [0, 0.1) is 5.82 Å². The van der Waals surface area contributed by atoms with E-state index in [0.717, 1.165) is 4.57 Å². The summed E-state index contributed by atoms with van der Waals surface area (Å²) in [7, 11) is 2.88. The molecule has 2 aromatic heterocycles. The van der Waals surface area contributed by atoms with Crippen LogP contribution in [0.2, 0.25) is 0 Å². The topological polar surface area (TPSA) is 103 Å². The number of rotatable bonds is 7.